The van der Waals surface area contributed by atoms with Crippen LogP contribution in [0, 0.1) is 3.57 Å². The Hall–Kier alpha value is -0.330. The van der Waals surface area contributed by atoms with Crippen molar-refractivity contribution >= 4 is 72.9 Å². The van der Waals surface area contributed by atoms with Gasteiger partial charge < -0.3 is 4.90 Å². The minimum absolute atomic E-state index is 0.733. The third-order valence-corrected chi connectivity index (χ3v) is 4.17. The molecule has 0 amide bonds. The van der Waals surface area contributed by atoms with Crippen LogP contribution >= 0.6 is 50.1 Å². The fourth-order valence-electron chi connectivity index (χ4n) is 1.65. The lowest BCUT2D eigenvalue weighted by molar-refractivity contribution is 0.643. The van der Waals surface area contributed by atoms with E-state index in [4.69, 9.17) is 11.6 Å². The summed E-state index contributed by atoms with van der Waals surface area (Å²) in [4.78, 5) is 6.44. The molecular formula is C13H11BrClIN2. The van der Waals surface area contributed by atoms with Gasteiger partial charge >= 0.3 is 0 Å². The molecule has 2 nitrogen and oxygen atoms in total. The van der Waals surface area contributed by atoms with E-state index < -0.39 is 0 Å². The van der Waals surface area contributed by atoms with Crippen molar-refractivity contribution < 1.29 is 0 Å². The van der Waals surface area contributed by atoms with Crippen LogP contribution < -0.4 is 0 Å². The lowest BCUT2D eigenvalue weighted by Crippen LogP contribution is -2.07. The summed E-state index contributed by atoms with van der Waals surface area (Å²) in [5, 5.41) is 2.79. The summed E-state index contributed by atoms with van der Waals surface area (Å²) in [6.45, 7) is 0. The lowest BCUT2D eigenvalue weighted by Gasteiger charge is -2.10. The number of halogens is 3. The number of aliphatic imine (C=N–C) groups is 1. The Morgan fingerprint density at radius 2 is 2.11 bits per heavy atom. The highest BCUT2D eigenvalue weighted by molar-refractivity contribution is 14.1. The zero-order valence-corrected chi connectivity index (χ0v) is 14.4. The van der Waals surface area contributed by atoms with Crippen molar-refractivity contribution in [2.24, 2.45) is 4.99 Å². The van der Waals surface area contributed by atoms with Crippen molar-refractivity contribution in [3.8, 4) is 0 Å². The molecule has 0 atom stereocenters. The maximum atomic E-state index is 6.25. The van der Waals surface area contributed by atoms with Crippen molar-refractivity contribution in [2.75, 3.05) is 14.1 Å². The fourth-order valence-corrected chi connectivity index (χ4v) is 3.86. The quantitative estimate of drug-likeness (QED) is 0.363. The zero-order valence-electron chi connectivity index (χ0n) is 9.92. The first-order chi connectivity index (χ1) is 8.50. The van der Waals surface area contributed by atoms with Gasteiger partial charge in [0.25, 0.3) is 0 Å². The van der Waals surface area contributed by atoms with Gasteiger partial charge in [-0.2, -0.15) is 0 Å². The molecule has 0 saturated heterocycles. The molecule has 2 aromatic rings. The largest absolute Gasteiger partial charge is 0.369 e. The van der Waals surface area contributed by atoms with Crippen LogP contribution in [0.1, 0.15) is 0 Å². The topological polar surface area (TPSA) is 15.6 Å². The molecule has 2 rings (SSSR count). The molecule has 0 spiro atoms. The molecule has 0 saturated carbocycles. The molecule has 5 heteroatoms. The normalized spacial score (nSPS) is 11.4. The molecule has 0 fully saturated rings. The van der Waals surface area contributed by atoms with Crippen LogP contribution in [0.5, 0.6) is 0 Å². The first kappa shape index (κ1) is 14.1. The predicted molar refractivity (Wildman–Crippen MR) is 91.2 cm³/mol. The molecule has 0 aromatic heterocycles. The SMILES string of the molecule is CN(C)/C=N/c1c(I)cc(Br)c2c(Cl)cccc12. The average Bonchev–Trinajstić information content (AvgIpc) is 2.27. The summed E-state index contributed by atoms with van der Waals surface area (Å²) < 4.78 is 2.09. The van der Waals surface area contributed by atoms with E-state index in [2.05, 4.69) is 43.5 Å². The molecule has 18 heavy (non-hydrogen) atoms. The van der Waals surface area contributed by atoms with Gasteiger partial charge in [0.15, 0.2) is 0 Å². The van der Waals surface area contributed by atoms with E-state index >= 15 is 0 Å². The van der Waals surface area contributed by atoms with E-state index in [-0.39, 0.29) is 0 Å². The van der Waals surface area contributed by atoms with E-state index in [1.807, 2.05) is 43.3 Å². The number of benzene rings is 2. The maximum absolute atomic E-state index is 6.25. The first-order valence-corrected chi connectivity index (χ1v) is 7.52. The van der Waals surface area contributed by atoms with Crippen LogP contribution in [0.25, 0.3) is 10.8 Å². The second-order valence-electron chi connectivity index (χ2n) is 4.06. The molecule has 2 aromatic carbocycles. The maximum Gasteiger partial charge on any atom is 0.0907 e. The van der Waals surface area contributed by atoms with Gasteiger partial charge in [-0.25, -0.2) is 4.99 Å². The summed E-state index contributed by atoms with van der Waals surface area (Å²) in [6.07, 6.45) is 1.80. The van der Waals surface area contributed by atoms with E-state index in [0.717, 1.165) is 29.5 Å². The number of nitrogens with zero attached hydrogens (tertiary/aromatic N) is 2. The van der Waals surface area contributed by atoms with E-state index in [0.29, 0.717) is 0 Å². The Morgan fingerprint density at radius 3 is 2.78 bits per heavy atom. The number of rotatable bonds is 2. The van der Waals surface area contributed by atoms with E-state index in [9.17, 15) is 0 Å². The standard InChI is InChI=1S/C13H11BrClIN2/c1-18(2)7-17-13-8-4-3-5-10(15)12(8)9(14)6-11(13)16/h3-7H,1-2H3/b17-7+. The Balaban J connectivity index is 2.77. The molecule has 0 aliphatic heterocycles. The monoisotopic (exact) mass is 436 g/mol. The molecular weight excluding hydrogens is 426 g/mol. The Kier molecular flexibility index (Phi) is 4.50. The molecule has 0 N–H and O–H groups in total. The molecule has 0 unspecified atom stereocenters. The third-order valence-electron chi connectivity index (χ3n) is 2.41. The highest BCUT2D eigenvalue weighted by Gasteiger charge is 2.10. The molecule has 0 aliphatic carbocycles. The fraction of sp³-hybridized carbons (Fsp3) is 0.154. The lowest BCUT2D eigenvalue weighted by atomic mass is 10.1. The highest BCUT2D eigenvalue weighted by Crippen LogP contribution is 2.39. The molecule has 0 bridgehead atoms. The molecule has 94 valence electrons. The van der Waals surface area contributed by atoms with Crippen molar-refractivity contribution in [1.82, 2.24) is 4.90 Å². The van der Waals surface area contributed by atoms with Crippen molar-refractivity contribution in [3.63, 3.8) is 0 Å². The highest BCUT2D eigenvalue weighted by atomic mass is 127. The Bertz CT molecular complexity index is 626. The van der Waals surface area contributed by atoms with Crippen molar-refractivity contribution in [3.05, 3.63) is 37.3 Å². The molecule has 0 aliphatic rings. The minimum atomic E-state index is 0.733. The van der Waals surface area contributed by atoms with Crippen LogP contribution in [0.3, 0.4) is 0 Å². The van der Waals surface area contributed by atoms with Crippen LogP contribution in [0.15, 0.2) is 33.7 Å². The zero-order chi connectivity index (χ0) is 13.3. The first-order valence-electron chi connectivity index (χ1n) is 5.27. The van der Waals surface area contributed by atoms with E-state index in [1.54, 1.807) is 6.34 Å². The van der Waals surface area contributed by atoms with E-state index in [1.165, 1.54) is 0 Å². The average molecular weight is 438 g/mol. The summed E-state index contributed by atoms with van der Waals surface area (Å²) in [5.41, 5.74) is 0.949. The van der Waals surface area contributed by atoms with Crippen molar-refractivity contribution in [2.45, 2.75) is 0 Å². The summed E-state index contributed by atoms with van der Waals surface area (Å²) in [7, 11) is 3.90. The van der Waals surface area contributed by atoms with Gasteiger partial charge in [0.1, 0.15) is 0 Å². The van der Waals surface area contributed by atoms with Gasteiger partial charge in [-0.05, 0) is 34.7 Å². The smallest absolute Gasteiger partial charge is 0.0907 e. The van der Waals surface area contributed by atoms with Gasteiger partial charge in [-0.1, -0.05) is 39.7 Å². The number of fused-ring (bicyclic) bond motifs is 1. The van der Waals surface area contributed by atoms with Crippen LogP contribution in [0.4, 0.5) is 5.69 Å². The van der Waals surface area contributed by atoms with Gasteiger partial charge in [0.05, 0.1) is 12.0 Å². The van der Waals surface area contributed by atoms with Gasteiger partial charge in [-0.3, -0.25) is 0 Å². The van der Waals surface area contributed by atoms with Crippen LogP contribution in [0.2, 0.25) is 5.02 Å². The summed E-state index contributed by atoms with van der Waals surface area (Å²) >= 11 is 12.1. The Morgan fingerprint density at radius 1 is 1.39 bits per heavy atom. The molecule has 0 radical (unpaired) electrons. The number of hydrogen-bond donors (Lipinski definition) is 0. The van der Waals surface area contributed by atoms with Gasteiger partial charge in [0, 0.05) is 37.9 Å². The summed E-state index contributed by atoms with van der Waals surface area (Å²) in [5.74, 6) is 0. The Labute approximate surface area is 133 Å². The van der Waals surface area contributed by atoms with Gasteiger partial charge in [-0.15, -0.1) is 0 Å². The predicted octanol–water partition coefficient (Wildman–Crippen LogP) is 5.08. The van der Waals surface area contributed by atoms with Crippen LogP contribution in [-0.4, -0.2) is 25.3 Å². The number of hydrogen-bond acceptors (Lipinski definition) is 1. The molecule has 0 heterocycles. The summed E-state index contributed by atoms with van der Waals surface area (Å²) in [6, 6.07) is 7.91. The van der Waals surface area contributed by atoms with Crippen LogP contribution in [-0.2, 0) is 0 Å². The van der Waals surface area contributed by atoms with Gasteiger partial charge in [0.2, 0.25) is 0 Å². The second-order valence-corrected chi connectivity index (χ2v) is 6.48. The second kappa shape index (κ2) is 5.75. The third kappa shape index (κ3) is 2.81. The minimum Gasteiger partial charge on any atom is -0.369 e. The van der Waals surface area contributed by atoms with Crippen molar-refractivity contribution in [1.29, 1.82) is 0 Å².